The largest absolute Gasteiger partial charge is 0.495 e. The number of nitrogens with zero attached hydrogens (tertiary/aromatic N) is 2. The number of piperazine rings is 1. The van der Waals surface area contributed by atoms with E-state index in [0.29, 0.717) is 12.3 Å². The molecule has 5 heteroatoms. The molecule has 1 aromatic rings. The van der Waals surface area contributed by atoms with Gasteiger partial charge in [0, 0.05) is 12.6 Å². The number of rotatable bonds is 3. The maximum Gasteiger partial charge on any atom is 0.245 e. The van der Waals surface area contributed by atoms with E-state index in [9.17, 15) is 4.79 Å². The molecule has 19 heavy (non-hydrogen) atoms. The normalized spacial score (nSPS) is 23.0. The minimum Gasteiger partial charge on any atom is -0.495 e. The van der Waals surface area contributed by atoms with Gasteiger partial charge < -0.3 is 15.0 Å². The van der Waals surface area contributed by atoms with Crippen LogP contribution in [-0.4, -0.2) is 31.6 Å². The minimum absolute atomic E-state index is 0.0266. The third-order valence-electron chi connectivity index (χ3n) is 3.28. The molecular formula is C14H17N3O2. The first kappa shape index (κ1) is 13.4. The van der Waals surface area contributed by atoms with E-state index in [2.05, 4.69) is 5.32 Å². The zero-order chi connectivity index (χ0) is 13.8. The van der Waals surface area contributed by atoms with Gasteiger partial charge in [0.25, 0.3) is 0 Å². The topological polar surface area (TPSA) is 65.4 Å². The van der Waals surface area contributed by atoms with Gasteiger partial charge in [-0.1, -0.05) is 12.1 Å². The van der Waals surface area contributed by atoms with E-state index < -0.39 is 6.04 Å². The first-order chi connectivity index (χ1) is 9.19. The number of para-hydroxylation sites is 2. The molecule has 1 fully saturated rings. The van der Waals surface area contributed by atoms with Crippen LogP contribution in [0.1, 0.15) is 13.3 Å². The van der Waals surface area contributed by atoms with Crippen LogP contribution < -0.4 is 15.0 Å². The van der Waals surface area contributed by atoms with Crippen molar-refractivity contribution in [3.05, 3.63) is 24.3 Å². The van der Waals surface area contributed by atoms with Gasteiger partial charge in [-0.2, -0.15) is 5.26 Å². The summed E-state index contributed by atoms with van der Waals surface area (Å²) < 4.78 is 5.31. The molecule has 2 atom stereocenters. The molecule has 0 aliphatic carbocycles. The van der Waals surface area contributed by atoms with Gasteiger partial charge in [-0.15, -0.1) is 0 Å². The zero-order valence-electron chi connectivity index (χ0n) is 11.1. The standard InChI is InChI=1S/C14H17N3O2/c1-10-9-16-11(7-8-15)14(18)17(10)12-5-3-4-6-13(12)19-2/h3-6,10-11,16H,7,9H2,1-2H3. The predicted octanol–water partition coefficient (Wildman–Crippen LogP) is 1.30. The molecule has 2 rings (SSSR count). The number of nitriles is 1. The van der Waals surface area contributed by atoms with Gasteiger partial charge in [0.1, 0.15) is 11.8 Å². The number of carbonyl (C=O) groups excluding carboxylic acids is 1. The summed E-state index contributed by atoms with van der Waals surface area (Å²) in [6, 6.07) is 9.06. The van der Waals surface area contributed by atoms with Crippen LogP contribution in [-0.2, 0) is 4.79 Å². The molecule has 5 nitrogen and oxygen atoms in total. The van der Waals surface area contributed by atoms with E-state index in [4.69, 9.17) is 10.00 Å². The Bertz CT molecular complexity index is 510. The third kappa shape index (κ3) is 2.54. The highest BCUT2D eigenvalue weighted by molar-refractivity contribution is 5.99. The van der Waals surface area contributed by atoms with E-state index in [-0.39, 0.29) is 18.4 Å². The number of benzene rings is 1. The molecular weight excluding hydrogens is 242 g/mol. The summed E-state index contributed by atoms with van der Waals surface area (Å²) in [6.07, 6.45) is 0.178. The third-order valence-corrected chi connectivity index (χ3v) is 3.28. The van der Waals surface area contributed by atoms with E-state index in [1.54, 1.807) is 12.0 Å². The van der Waals surface area contributed by atoms with Crippen LogP contribution in [0.25, 0.3) is 0 Å². The summed E-state index contributed by atoms with van der Waals surface area (Å²) >= 11 is 0. The van der Waals surface area contributed by atoms with Crippen molar-refractivity contribution in [3.8, 4) is 11.8 Å². The fraction of sp³-hybridized carbons (Fsp3) is 0.429. The Morgan fingerprint density at radius 2 is 2.26 bits per heavy atom. The van der Waals surface area contributed by atoms with Crippen molar-refractivity contribution in [3.63, 3.8) is 0 Å². The summed E-state index contributed by atoms with van der Waals surface area (Å²) in [7, 11) is 1.59. The van der Waals surface area contributed by atoms with Gasteiger partial charge in [0.15, 0.2) is 0 Å². The molecule has 0 aromatic heterocycles. The first-order valence-electron chi connectivity index (χ1n) is 6.25. The molecule has 1 aliphatic rings. The van der Waals surface area contributed by atoms with Crippen molar-refractivity contribution < 1.29 is 9.53 Å². The number of hydrogen-bond donors (Lipinski definition) is 1. The summed E-state index contributed by atoms with van der Waals surface area (Å²) in [6.45, 7) is 2.63. The van der Waals surface area contributed by atoms with Crippen LogP contribution in [0.15, 0.2) is 24.3 Å². The molecule has 0 radical (unpaired) electrons. The molecule has 1 amide bonds. The van der Waals surface area contributed by atoms with Gasteiger partial charge in [-0.05, 0) is 19.1 Å². The van der Waals surface area contributed by atoms with Crippen LogP contribution in [0.5, 0.6) is 5.75 Å². The molecule has 1 saturated heterocycles. The van der Waals surface area contributed by atoms with E-state index in [1.807, 2.05) is 37.3 Å². The highest BCUT2D eigenvalue weighted by Gasteiger charge is 2.34. The first-order valence-corrected chi connectivity index (χ1v) is 6.25. The van der Waals surface area contributed by atoms with Gasteiger partial charge in [0.05, 0.1) is 25.3 Å². The van der Waals surface area contributed by atoms with Gasteiger partial charge in [0.2, 0.25) is 5.91 Å². The summed E-state index contributed by atoms with van der Waals surface area (Å²) in [4.78, 5) is 14.2. The average Bonchev–Trinajstić information content (AvgIpc) is 2.43. The van der Waals surface area contributed by atoms with Crippen LogP contribution in [0, 0.1) is 11.3 Å². The molecule has 0 bridgehead atoms. The number of ether oxygens (including phenoxy) is 1. The van der Waals surface area contributed by atoms with Crippen LogP contribution in [0.2, 0.25) is 0 Å². The van der Waals surface area contributed by atoms with E-state index >= 15 is 0 Å². The summed E-state index contributed by atoms with van der Waals surface area (Å²) in [5, 5.41) is 11.9. The number of methoxy groups -OCH3 is 1. The molecule has 1 N–H and O–H groups in total. The van der Waals surface area contributed by atoms with Crippen molar-refractivity contribution in [2.75, 3.05) is 18.6 Å². The van der Waals surface area contributed by atoms with Gasteiger partial charge in [-0.25, -0.2) is 0 Å². The fourth-order valence-corrected chi connectivity index (χ4v) is 2.31. The smallest absolute Gasteiger partial charge is 0.245 e. The minimum atomic E-state index is -0.439. The number of anilines is 1. The van der Waals surface area contributed by atoms with Crippen molar-refractivity contribution >= 4 is 11.6 Å². The molecule has 0 spiro atoms. The Hall–Kier alpha value is -2.06. The van der Waals surface area contributed by atoms with E-state index in [1.165, 1.54) is 0 Å². The molecule has 1 aliphatic heterocycles. The van der Waals surface area contributed by atoms with E-state index in [0.717, 1.165) is 5.69 Å². The van der Waals surface area contributed by atoms with Gasteiger partial charge >= 0.3 is 0 Å². The SMILES string of the molecule is COc1ccccc1N1C(=O)C(CC#N)NCC1C. The average molecular weight is 259 g/mol. The second-order valence-electron chi connectivity index (χ2n) is 4.55. The maximum absolute atomic E-state index is 12.5. The highest BCUT2D eigenvalue weighted by Crippen LogP contribution is 2.31. The summed E-state index contributed by atoms with van der Waals surface area (Å²) in [5.74, 6) is 0.588. The molecule has 100 valence electrons. The number of amides is 1. The zero-order valence-corrected chi connectivity index (χ0v) is 11.1. The lowest BCUT2D eigenvalue weighted by Crippen LogP contribution is -2.59. The Balaban J connectivity index is 2.35. The Labute approximate surface area is 112 Å². The van der Waals surface area contributed by atoms with Crippen molar-refractivity contribution in [1.29, 1.82) is 5.26 Å². The number of nitrogens with one attached hydrogen (secondary N) is 1. The van der Waals surface area contributed by atoms with Crippen molar-refractivity contribution in [2.24, 2.45) is 0 Å². The second-order valence-corrected chi connectivity index (χ2v) is 4.55. The predicted molar refractivity (Wildman–Crippen MR) is 72.0 cm³/mol. The lowest BCUT2D eigenvalue weighted by Gasteiger charge is -2.38. The lowest BCUT2D eigenvalue weighted by molar-refractivity contribution is -0.122. The molecule has 0 saturated carbocycles. The number of hydrogen-bond acceptors (Lipinski definition) is 4. The van der Waals surface area contributed by atoms with Crippen molar-refractivity contribution in [2.45, 2.75) is 25.4 Å². The van der Waals surface area contributed by atoms with Crippen molar-refractivity contribution in [1.82, 2.24) is 5.32 Å². The molecule has 1 aromatic carbocycles. The maximum atomic E-state index is 12.5. The highest BCUT2D eigenvalue weighted by atomic mass is 16.5. The fourth-order valence-electron chi connectivity index (χ4n) is 2.31. The quantitative estimate of drug-likeness (QED) is 0.888. The second kappa shape index (κ2) is 5.72. The van der Waals surface area contributed by atoms with Crippen LogP contribution in [0.3, 0.4) is 0 Å². The van der Waals surface area contributed by atoms with Crippen LogP contribution >= 0.6 is 0 Å². The Kier molecular flexibility index (Phi) is 4.03. The molecule has 2 unspecified atom stereocenters. The lowest BCUT2D eigenvalue weighted by atomic mass is 10.1. The Morgan fingerprint density at radius 3 is 2.95 bits per heavy atom. The summed E-state index contributed by atoms with van der Waals surface area (Å²) in [5.41, 5.74) is 0.756. The van der Waals surface area contributed by atoms with Gasteiger partial charge in [-0.3, -0.25) is 4.79 Å². The molecule has 1 heterocycles. The Morgan fingerprint density at radius 1 is 1.53 bits per heavy atom. The monoisotopic (exact) mass is 259 g/mol. The van der Waals surface area contributed by atoms with Crippen LogP contribution in [0.4, 0.5) is 5.69 Å². The number of carbonyl (C=O) groups is 1.